The fourth-order valence-electron chi connectivity index (χ4n) is 5.28. The van der Waals surface area contributed by atoms with E-state index in [-0.39, 0.29) is 23.4 Å². The Balaban J connectivity index is 1.74. The lowest BCUT2D eigenvalue weighted by Gasteiger charge is -2.39. The fraction of sp³-hybridized carbons (Fsp3) is 0.920. The first kappa shape index (κ1) is 24.2. The Labute approximate surface area is 178 Å². The third-order valence-electron chi connectivity index (χ3n) is 7.17. The lowest BCUT2D eigenvalue weighted by atomic mass is 9.79. The van der Waals surface area contributed by atoms with Crippen LogP contribution in [0.4, 0.5) is 0 Å². The van der Waals surface area contributed by atoms with Crippen molar-refractivity contribution < 1.29 is 19.4 Å². The molecule has 0 amide bonds. The molecule has 0 aromatic heterocycles. The highest BCUT2D eigenvalue weighted by molar-refractivity contribution is 5.76. The van der Waals surface area contributed by atoms with E-state index in [1.807, 2.05) is 0 Å². The van der Waals surface area contributed by atoms with Crippen LogP contribution in [0, 0.1) is 11.8 Å². The number of carbonyl (C=O) groups excluding carboxylic acids is 1. The van der Waals surface area contributed by atoms with Gasteiger partial charge in [0.1, 0.15) is 5.60 Å². The van der Waals surface area contributed by atoms with Crippen molar-refractivity contribution in [2.24, 2.45) is 11.8 Å². The van der Waals surface area contributed by atoms with Crippen LogP contribution in [0.5, 0.6) is 0 Å². The molecule has 0 aromatic carbocycles. The van der Waals surface area contributed by atoms with Gasteiger partial charge in [-0.2, -0.15) is 0 Å². The maximum Gasteiger partial charge on any atom is 0.309 e. The first-order valence-electron chi connectivity index (χ1n) is 12.5. The Bertz CT molecular complexity index is 481. The molecule has 0 heterocycles. The summed E-state index contributed by atoms with van der Waals surface area (Å²) in [5.41, 5.74) is -0.271. The molecule has 29 heavy (non-hydrogen) atoms. The number of hydrogen-bond acceptors (Lipinski definition) is 3. The topological polar surface area (TPSA) is 63.6 Å². The average molecular weight is 409 g/mol. The van der Waals surface area contributed by atoms with Gasteiger partial charge in [-0.15, -0.1) is 0 Å². The predicted octanol–water partition coefficient (Wildman–Crippen LogP) is 7.04. The summed E-state index contributed by atoms with van der Waals surface area (Å²) in [7, 11) is 0. The highest BCUT2D eigenvalue weighted by Crippen LogP contribution is 2.39. The van der Waals surface area contributed by atoms with Gasteiger partial charge in [-0.3, -0.25) is 9.59 Å². The zero-order valence-electron chi connectivity index (χ0n) is 18.8. The number of ether oxygens (including phenoxy) is 1. The first-order valence-corrected chi connectivity index (χ1v) is 12.5. The summed E-state index contributed by atoms with van der Waals surface area (Å²) in [5, 5.41) is 9.31. The van der Waals surface area contributed by atoms with E-state index in [1.165, 1.54) is 57.8 Å². The van der Waals surface area contributed by atoms with E-state index in [4.69, 9.17) is 4.74 Å². The lowest BCUT2D eigenvalue weighted by Crippen LogP contribution is -2.40. The summed E-state index contributed by atoms with van der Waals surface area (Å²) >= 11 is 0. The number of carboxylic acid groups (broad SMARTS) is 1. The molecule has 0 aliphatic heterocycles. The molecule has 2 fully saturated rings. The Morgan fingerprint density at radius 2 is 1.41 bits per heavy atom. The monoisotopic (exact) mass is 408 g/mol. The summed E-state index contributed by atoms with van der Waals surface area (Å²) in [4.78, 5) is 24.2. The first-order chi connectivity index (χ1) is 14.1. The second-order valence-electron chi connectivity index (χ2n) is 9.64. The molecule has 0 radical (unpaired) electrons. The van der Waals surface area contributed by atoms with Crippen LogP contribution in [0.3, 0.4) is 0 Å². The van der Waals surface area contributed by atoms with Gasteiger partial charge in [-0.25, -0.2) is 0 Å². The second kappa shape index (κ2) is 13.3. The van der Waals surface area contributed by atoms with E-state index in [9.17, 15) is 14.7 Å². The van der Waals surface area contributed by atoms with Gasteiger partial charge in [0.25, 0.3) is 0 Å². The smallest absolute Gasteiger partial charge is 0.309 e. The number of unbranched alkanes of at least 4 members (excludes halogenated alkanes) is 8. The minimum atomic E-state index is -0.760. The van der Waals surface area contributed by atoms with Crippen LogP contribution in [0.25, 0.3) is 0 Å². The van der Waals surface area contributed by atoms with Crippen molar-refractivity contribution in [3.63, 3.8) is 0 Å². The minimum absolute atomic E-state index is 0.117. The quantitative estimate of drug-likeness (QED) is 0.262. The van der Waals surface area contributed by atoms with Gasteiger partial charge in [0.15, 0.2) is 0 Å². The van der Waals surface area contributed by atoms with E-state index >= 15 is 0 Å². The number of esters is 1. The molecule has 2 saturated carbocycles. The molecule has 168 valence electrons. The summed E-state index contributed by atoms with van der Waals surface area (Å²) in [6.45, 7) is 2.26. The van der Waals surface area contributed by atoms with Crippen molar-refractivity contribution in [3.8, 4) is 0 Å². The van der Waals surface area contributed by atoms with Crippen molar-refractivity contribution in [3.05, 3.63) is 0 Å². The summed E-state index contributed by atoms with van der Waals surface area (Å²) in [6, 6.07) is 0. The molecule has 1 N–H and O–H groups in total. The third-order valence-corrected chi connectivity index (χ3v) is 7.17. The van der Waals surface area contributed by atoms with E-state index in [0.717, 1.165) is 51.4 Å². The summed E-state index contributed by atoms with van der Waals surface area (Å²) in [5.74, 6) is -1.47. The van der Waals surface area contributed by atoms with Crippen molar-refractivity contribution in [1.82, 2.24) is 0 Å². The van der Waals surface area contributed by atoms with Crippen LogP contribution in [0.1, 0.15) is 129 Å². The number of carbonyl (C=O) groups is 2. The van der Waals surface area contributed by atoms with E-state index in [1.54, 1.807) is 0 Å². The minimum Gasteiger partial charge on any atom is -0.481 e. The largest absolute Gasteiger partial charge is 0.481 e. The normalized spacial score (nSPS) is 24.2. The van der Waals surface area contributed by atoms with Gasteiger partial charge in [0, 0.05) is 0 Å². The highest BCUT2D eigenvalue weighted by Gasteiger charge is 2.39. The second-order valence-corrected chi connectivity index (χ2v) is 9.64. The summed E-state index contributed by atoms with van der Waals surface area (Å²) < 4.78 is 6.19. The molecule has 4 nitrogen and oxygen atoms in total. The molecule has 0 saturated heterocycles. The molecule has 2 rings (SSSR count). The van der Waals surface area contributed by atoms with Crippen LogP contribution < -0.4 is 0 Å². The number of carboxylic acids is 1. The van der Waals surface area contributed by atoms with Gasteiger partial charge < -0.3 is 9.84 Å². The van der Waals surface area contributed by atoms with E-state index in [0.29, 0.717) is 12.8 Å². The molecule has 2 aliphatic rings. The summed E-state index contributed by atoms with van der Waals surface area (Å²) in [6.07, 6.45) is 21.0. The van der Waals surface area contributed by atoms with Crippen LogP contribution in [-0.2, 0) is 14.3 Å². The Morgan fingerprint density at radius 1 is 0.828 bits per heavy atom. The molecule has 0 spiro atoms. The fourth-order valence-corrected chi connectivity index (χ4v) is 5.28. The molecule has 2 aliphatic carbocycles. The standard InChI is InChI=1S/C25H44O4/c1-2-3-4-5-6-7-8-9-11-17-25(18-12-10-13-19-25)29-24(28)22-16-14-15-21(20-22)23(26)27/h21-22H,2-20H2,1H3,(H,26,27). The van der Waals surface area contributed by atoms with Crippen LogP contribution in [0.15, 0.2) is 0 Å². The Kier molecular flexibility index (Phi) is 11.1. The maximum atomic E-state index is 12.9. The van der Waals surface area contributed by atoms with Crippen molar-refractivity contribution in [2.45, 2.75) is 135 Å². The van der Waals surface area contributed by atoms with Gasteiger partial charge in [-0.1, -0.05) is 71.1 Å². The van der Waals surface area contributed by atoms with Crippen molar-refractivity contribution in [2.75, 3.05) is 0 Å². The third kappa shape index (κ3) is 8.68. The maximum absolute atomic E-state index is 12.9. The highest BCUT2D eigenvalue weighted by atomic mass is 16.6. The zero-order chi connectivity index (χ0) is 21.0. The molecule has 2 unspecified atom stereocenters. The number of aliphatic carboxylic acids is 1. The molecule has 0 bridgehead atoms. The van der Waals surface area contributed by atoms with Crippen LogP contribution in [0.2, 0.25) is 0 Å². The molecular formula is C25H44O4. The molecule has 0 aromatic rings. The average Bonchev–Trinajstić information content (AvgIpc) is 2.73. The van der Waals surface area contributed by atoms with Gasteiger partial charge in [-0.05, 0) is 57.8 Å². The predicted molar refractivity (Wildman–Crippen MR) is 117 cm³/mol. The lowest BCUT2D eigenvalue weighted by molar-refractivity contribution is -0.172. The Morgan fingerprint density at radius 3 is 2.03 bits per heavy atom. The van der Waals surface area contributed by atoms with Gasteiger partial charge >= 0.3 is 11.9 Å². The number of rotatable bonds is 13. The SMILES string of the molecule is CCCCCCCCCCCC1(OC(=O)C2CCCC(C(=O)O)C2)CCCCC1. The molecule has 2 atom stereocenters. The number of hydrogen-bond donors (Lipinski definition) is 1. The zero-order valence-corrected chi connectivity index (χ0v) is 18.8. The van der Waals surface area contributed by atoms with E-state index < -0.39 is 5.97 Å². The van der Waals surface area contributed by atoms with Gasteiger partial charge in [0.2, 0.25) is 0 Å². The molecule has 4 heteroatoms. The van der Waals surface area contributed by atoms with E-state index in [2.05, 4.69) is 6.92 Å². The van der Waals surface area contributed by atoms with Crippen LogP contribution in [-0.4, -0.2) is 22.6 Å². The molecular weight excluding hydrogens is 364 g/mol. The van der Waals surface area contributed by atoms with Crippen LogP contribution >= 0.6 is 0 Å². The van der Waals surface area contributed by atoms with Crippen molar-refractivity contribution in [1.29, 1.82) is 0 Å². The van der Waals surface area contributed by atoms with Crippen molar-refractivity contribution >= 4 is 11.9 Å². The van der Waals surface area contributed by atoms with Gasteiger partial charge in [0.05, 0.1) is 11.8 Å². The Hall–Kier alpha value is -1.06.